The van der Waals surface area contributed by atoms with E-state index in [0.29, 0.717) is 37.5 Å². The van der Waals surface area contributed by atoms with Gasteiger partial charge in [0.2, 0.25) is 0 Å². The second-order valence-electron chi connectivity index (χ2n) is 23.0. The second-order valence-corrected chi connectivity index (χ2v) is 25.9. The molecule has 474 valence electrons. The van der Waals surface area contributed by atoms with Crippen LogP contribution in [0, 0.1) is 11.8 Å². The van der Waals surface area contributed by atoms with Gasteiger partial charge in [0.1, 0.15) is 19.3 Å². The van der Waals surface area contributed by atoms with Gasteiger partial charge in [0.15, 0.2) is 12.2 Å². The maximum atomic E-state index is 12.9. The highest BCUT2D eigenvalue weighted by Crippen LogP contribution is 2.45. The Morgan fingerprint density at radius 2 is 0.575 bits per heavy atom. The molecule has 0 rings (SSSR count). The molecule has 0 amide bonds. The van der Waals surface area contributed by atoms with Crippen LogP contribution in [0.1, 0.15) is 298 Å². The van der Waals surface area contributed by atoms with Gasteiger partial charge >= 0.3 is 39.5 Å². The summed E-state index contributed by atoms with van der Waals surface area (Å²) in [5.41, 5.74) is 0. The van der Waals surface area contributed by atoms with E-state index in [0.717, 1.165) is 96.3 Å². The maximum absolute atomic E-state index is 12.9. The molecule has 80 heavy (non-hydrogen) atoms. The predicted molar refractivity (Wildman–Crippen MR) is 317 cm³/mol. The first-order valence-corrected chi connectivity index (χ1v) is 35.0. The third-order valence-electron chi connectivity index (χ3n) is 14.0. The number of hydrogen-bond donors (Lipinski definition) is 3. The zero-order valence-electron chi connectivity index (χ0n) is 51.4. The van der Waals surface area contributed by atoms with Gasteiger partial charge in [0, 0.05) is 25.7 Å². The van der Waals surface area contributed by atoms with Crippen LogP contribution in [0.25, 0.3) is 0 Å². The van der Waals surface area contributed by atoms with E-state index in [9.17, 15) is 43.2 Å². The van der Waals surface area contributed by atoms with Crippen molar-refractivity contribution >= 4 is 39.5 Å². The van der Waals surface area contributed by atoms with Crippen molar-refractivity contribution in [3.05, 3.63) is 0 Å². The lowest BCUT2D eigenvalue weighted by Gasteiger charge is -2.21. The van der Waals surface area contributed by atoms with E-state index in [1.165, 1.54) is 109 Å². The highest BCUT2D eigenvalue weighted by molar-refractivity contribution is 7.47. The van der Waals surface area contributed by atoms with Crippen molar-refractivity contribution in [3.63, 3.8) is 0 Å². The number of phosphoric ester groups is 2. The van der Waals surface area contributed by atoms with Crippen LogP contribution >= 0.6 is 15.6 Å². The van der Waals surface area contributed by atoms with E-state index in [1.807, 2.05) is 0 Å². The van der Waals surface area contributed by atoms with Crippen molar-refractivity contribution < 1.29 is 80.2 Å². The van der Waals surface area contributed by atoms with Crippen molar-refractivity contribution in [3.8, 4) is 0 Å². The summed E-state index contributed by atoms with van der Waals surface area (Å²) in [5, 5.41) is 10.5. The van der Waals surface area contributed by atoms with Gasteiger partial charge in [-0.3, -0.25) is 37.3 Å². The number of carbonyl (C=O) groups is 4. The molecular weight excluding hydrogens is 1070 g/mol. The minimum absolute atomic E-state index is 0.102. The standard InChI is InChI=1S/C61H118O17P2/c1-7-9-11-13-15-17-18-19-20-22-24-33-39-45-60(65)77-56(50-72-59(64)44-38-32-27-25-29-35-41-53(3)4)51-75-79(67,68)73-47-55(62)48-74-80(69,70)76-52-57(78-61(66)46-40-34-28-26-30-36-42-54(5)6)49-71-58(63)43-37-31-23-21-16-14-12-10-8-2/h53-57,62H,7-52H2,1-6H3,(H,67,68)(H,69,70)/t55-,56-,57-/m1/s1. The Balaban J connectivity index is 5.22. The van der Waals surface area contributed by atoms with E-state index in [2.05, 4.69) is 41.5 Å². The van der Waals surface area contributed by atoms with Crippen LogP contribution in [0.2, 0.25) is 0 Å². The summed E-state index contributed by atoms with van der Waals surface area (Å²) in [4.78, 5) is 72.0. The molecule has 0 fully saturated rings. The molecule has 0 bridgehead atoms. The summed E-state index contributed by atoms with van der Waals surface area (Å²) in [5.74, 6) is -0.795. The Hall–Kier alpha value is -1.94. The minimum atomic E-state index is -4.94. The zero-order chi connectivity index (χ0) is 59.4. The van der Waals surface area contributed by atoms with Crippen LogP contribution in [0.4, 0.5) is 0 Å². The molecule has 5 atom stereocenters. The SMILES string of the molecule is CCCCCCCCCCCCCCCC(=O)O[C@H](COC(=O)CCCCCCCCC(C)C)COP(=O)(O)OC[C@@H](O)COP(=O)(O)OC[C@@H](COC(=O)CCCCCCCCCCC)OC(=O)CCCCCCCCC(C)C. The van der Waals surface area contributed by atoms with Crippen molar-refractivity contribution in [2.24, 2.45) is 11.8 Å². The number of aliphatic hydroxyl groups is 1. The fourth-order valence-corrected chi connectivity index (χ4v) is 10.6. The topological polar surface area (TPSA) is 237 Å². The Morgan fingerprint density at radius 3 is 0.850 bits per heavy atom. The lowest BCUT2D eigenvalue weighted by Crippen LogP contribution is -2.30. The second kappa shape index (κ2) is 53.8. The van der Waals surface area contributed by atoms with Crippen molar-refractivity contribution in [2.75, 3.05) is 39.6 Å². The first-order valence-electron chi connectivity index (χ1n) is 32.0. The van der Waals surface area contributed by atoms with E-state index >= 15 is 0 Å². The molecule has 0 aromatic rings. The molecule has 0 spiro atoms. The highest BCUT2D eigenvalue weighted by atomic mass is 31.2. The molecule has 0 heterocycles. The Kier molecular flexibility index (Phi) is 52.5. The number of aliphatic hydroxyl groups excluding tert-OH is 1. The van der Waals surface area contributed by atoms with Gasteiger partial charge in [0.05, 0.1) is 26.4 Å². The molecule has 0 radical (unpaired) electrons. The molecule has 0 aromatic heterocycles. The monoisotopic (exact) mass is 1180 g/mol. The van der Waals surface area contributed by atoms with Crippen LogP contribution in [0.3, 0.4) is 0 Å². The van der Waals surface area contributed by atoms with Gasteiger partial charge < -0.3 is 33.8 Å². The van der Waals surface area contributed by atoms with Gasteiger partial charge in [-0.05, 0) is 37.5 Å². The Bertz CT molecular complexity index is 1580. The van der Waals surface area contributed by atoms with Crippen LogP contribution in [0.5, 0.6) is 0 Å². The molecule has 0 aliphatic rings. The average Bonchev–Trinajstić information content (AvgIpc) is 3.41. The summed E-state index contributed by atoms with van der Waals surface area (Å²) in [6.45, 7) is 9.28. The van der Waals surface area contributed by atoms with Crippen LogP contribution in [-0.2, 0) is 65.4 Å². The Morgan fingerprint density at radius 1 is 0.338 bits per heavy atom. The fraction of sp³-hybridized carbons (Fsp3) is 0.934. The summed E-state index contributed by atoms with van der Waals surface area (Å²) >= 11 is 0. The largest absolute Gasteiger partial charge is 0.472 e. The van der Waals surface area contributed by atoms with E-state index in [1.54, 1.807) is 0 Å². The number of phosphoric acid groups is 2. The van der Waals surface area contributed by atoms with Crippen molar-refractivity contribution in [2.45, 2.75) is 317 Å². The molecule has 0 aromatic carbocycles. The number of hydrogen-bond acceptors (Lipinski definition) is 15. The quantitative estimate of drug-likeness (QED) is 0.0222. The first-order chi connectivity index (χ1) is 38.4. The summed E-state index contributed by atoms with van der Waals surface area (Å²) in [6.07, 6.45) is 35.1. The molecule has 3 N–H and O–H groups in total. The predicted octanol–water partition coefficient (Wildman–Crippen LogP) is 16.5. The van der Waals surface area contributed by atoms with Gasteiger partial charge in [-0.2, -0.15) is 0 Å². The zero-order valence-corrected chi connectivity index (χ0v) is 53.2. The number of carbonyl (C=O) groups excluding carboxylic acids is 4. The molecule has 0 saturated heterocycles. The normalized spacial score (nSPS) is 14.4. The van der Waals surface area contributed by atoms with Gasteiger partial charge in [-0.25, -0.2) is 9.13 Å². The minimum Gasteiger partial charge on any atom is -0.462 e. The van der Waals surface area contributed by atoms with Gasteiger partial charge in [-0.1, -0.05) is 247 Å². The van der Waals surface area contributed by atoms with E-state index < -0.39 is 97.5 Å². The van der Waals surface area contributed by atoms with Crippen LogP contribution in [-0.4, -0.2) is 96.7 Å². The number of esters is 4. The van der Waals surface area contributed by atoms with Crippen LogP contribution in [0.15, 0.2) is 0 Å². The van der Waals surface area contributed by atoms with E-state index in [4.69, 9.17) is 37.0 Å². The smallest absolute Gasteiger partial charge is 0.462 e. The number of ether oxygens (including phenoxy) is 4. The van der Waals surface area contributed by atoms with Crippen molar-refractivity contribution in [1.82, 2.24) is 0 Å². The summed E-state index contributed by atoms with van der Waals surface area (Å²) in [7, 11) is -9.88. The van der Waals surface area contributed by atoms with Gasteiger partial charge in [-0.15, -0.1) is 0 Å². The maximum Gasteiger partial charge on any atom is 0.472 e. The number of unbranched alkanes of at least 4 members (excludes halogenated alkanes) is 30. The number of rotatable bonds is 60. The highest BCUT2D eigenvalue weighted by Gasteiger charge is 2.30. The van der Waals surface area contributed by atoms with Crippen molar-refractivity contribution in [1.29, 1.82) is 0 Å². The Labute approximate surface area is 486 Å². The molecule has 19 heteroatoms. The summed E-state index contributed by atoms with van der Waals surface area (Å²) in [6, 6.07) is 0. The fourth-order valence-electron chi connectivity index (χ4n) is 9.00. The van der Waals surface area contributed by atoms with Crippen LogP contribution < -0.4 is 0 Å². The molecular formula is C61H118O17P2. The summed E-state index contributed by atoms with van der Waals surface area (Å²) < 4.78 is 67.8. The third kappa shape index (κ3) is 55.3. The van der Waals surface area contributed by atoms with Gasteiger partial charge in [0.25, 0.3) is 0 Å². The molecule has 0 saturated carbocycles. The lowest BCUT2D eigenvalue weighted by molar-refractivity contribution is -0.161. The molecule has 2 unspecified atom stereocenters. The molecule has 0 aliphatic heterocycles. The molecule has 0 aliphatic carbocycles. The average molecular weight is 1190 g/mol. The first kappa shape index (κ1) is 78.1. The third-order valence-corrected chi connectivity index (χ3v) is 15.9. The van der Waals surface area contributed by atoms with E-state index in [-0.39, 0.29) is 25.7 Å². The molecule has 17 nitrogen and oxygen atoms in total. The lowest BCUT2D eigenvalue weighted by atomic mass is 10.0.